The van der Waals surface area contributed by atoms with Crippen LogP contribution in [-0.2, 0) is 4.79 Å². The topological polar surface area (TPSA) is 23.6 Å². The largest absolute Gasteiger partial charge is 0.343 e. The number of rotatable bonds is 15. The van der Waals surface area contributed by atoms with Crippen LogP contribution in [0.25, 0.3) is 0 Å². The van der Waals surface area contributed by atoms with Crippen LogP contribution >= 0.6 is 12.4 Å². The van der Waals surface area contributed by atoms with Crippen LogP contribution in [0.15, 0.2) is 0 Å². The molecule has 0 aromatic carbocycles. The predicted molar refractivity (Wildman–Crippen MR) is 133 cm³/mol. The van der Waals surface area contributed by atoms with Crippen LogP contribution < -0.4 is 0 Å². The van der Waals surface area contributed by atoms with Crippen molar-refractivity contribution in [1.82, 2.24) is 9.80 Å². The highest BCUT2D eigenvalue weighted by atomic mass is 35.5. The number of hydrogen-bond acceptors (Lipinski definition) is 2. The first-order valence-electron chi connectivity index (χ1n) is 13.3. The highest BCUT2D eigenvalue weighted by Gasteiger charge is 2.27. The van der Waals surface area contributed by atoms with Crippen molar-refractivity contribution in [2.45, 2.75) is 135 Å². The van der Waals surface area contributed by atoms with E-state index >= 15 is 0 Å². The Bertz CT molecular complexity index is 404. The fourth-order valence-electron chi connectivity index (χ4n) is 5.22. The molecule has 2 heterocycles. The van der Waals surface area contributed by atoms with Crippen LogP contribution in [0.2, 0.25) is 0 Å². The van der Waals surface area contributed by atoms with Crippen LogP contribution in [0.3, 0.4) is 0 Å². The number of carbonyl (C=O) groups is 1. The van der Waals surface area contributed by atoms with E-state index in [9.17, 15) is 4.79 Å². The summed E-state index contributed by atoms with van der Waals surface area (Å²) in [6.07, 6.45) is 25.1. The number of unbranched alkanes of at least 4 members (excludes halogenated alkanes) is 12. The second-order valence-electron chi connectivity index (χ2n) is 9.70. The fraction of sp³-hybridized carbons (Fsp3) is 0.962. The average molecular weight is 443 g/mol. The zero-order valence-corrected chi connectivity index (χ0v) is 20.9. The maximum Gasteiger partial charge on any atom is 0.222 e. The van der Waals surface area contributed by atoms with E-state index < -0.39 is 0 Å². The third-order valence-electron chi connectivity index (χ3n) is 7.22. The van der Waals surface area contributed by atoms with Gasteiger partial charge in [-0.25, -0.2) is 0 Å². The molecule has 1 amide bonds. The molecule has 2 aliphatic rings. The van der Waals surface area contributed by atoms with Gasteiger partial charge >= 0.3 is 0 Å². The Morgan fingerprint density at radius 3 is 1.63 bits per heavy atom. The summed E-state index contributed by atoms with van der Waals surface area (Å²) in [6, 6.07) is 0.746. The third-order valence-corrected chi connectivity index (χ3v) is 7.22. The Hall–Kier alpha value is -0.280. The molecule has 2 fully saturated rings. The number of piperidine rings is 2. The lowest BCUT2D eigenvalue weighted by Gasteiger charge is -2.40. The fourth-order valence-corrected chi connectivity index (χ4v) is 5.22. The summed E-state index contributed by atoms with van der Waals surface area (Å²) < 4.78 is 0. The first-order valence-corrected chi connectivity index (χ1v) is 13.3. The minimum absolute atomic E-state index is 0. The van der Waals surface area contributed by atoms with Crippen molar-refractivity contribution in [1.29, 1.82) is 0 Å². The van der Waals surface area contributed by atoms with Gasteiger partial charge in [0.15, 0.2) is 0 Å². The summed E-state index contributed by atoms with van der Waals surface area (Å²) in [4.78, 5) is 17.3. The molecular formula is C26H51ClN2O. The Morgan fingerprint density at radius 1 is 0.667 bits per heavy atom. The van der Waals surface area contributed by atoms with Crippen molar-refractivity contribution in [2.75, 3.05) is 26.2 Å². The van der Waals surface area contributed by atoms with Crippen molar-refractivity contribution in [3.8, 4) is 0 Å². The Labute approximate surface area is 194 Å². The third kappa shape index (κ3) is 11.9. The highest BCUT2D eigenvalue weighted by Crippen LogP contribution is 2.21. The van der Waals surface area contributed by atoms with Crippen molar-refractivity contribution in [3.63, 3.8) is 0 Å². The predicted octanol–water partition coefficient (Wildman–Crippen LogP) is 7.37. The van der Waals surface area contributed by atoms with Crippen LogP contribution in [0.1, 0.15) is 129 Å². The molecule has 0 aromatic heterocycles. The molecule has 178 valence electrons. The standard InChI is InChI=1S/C26H50N2O.ClH/c1-2-3-4-5-6-7-8-9-10-11-12-13-15-18-26(29)28-23-19-25(20-24-28)27-21-16-14-17-22-27;/h25H,2-24H2,1H3;1H. The molecule has 30 heavy (non-hydrogen) atoms. The van der Waals surface area contributed by atoms with Gasteiger partial charge in [-0.3, -0.25) is 4.79 Å². The minimum atomic E-state index is 0. The van der Waals surface area contributed by atoms with Crippen LogP contribution in [0.4, 0.5) is 0 Å². The molecule has 2 rings (SSSR count). The molecule has 2 saturated heterocycles. The average Bonchev–Trinajstić information content (AvgIpc) is 2.77. The van der Waals surface area contributed by atoms with E-state index in [0.29, 0.717) is 5.91 Å². The normalized spacial score (nSPS) is 18.4. The lowest BCUT2D eigenvalue weighted by atomic mass is 9.99. The van der Waals surface area contributed by atoms with Crippen molar-refractivity contribution < 1.29 is 4.79 Å². The van der Waals surface area contributed by atoms with Gasteiger partial charge in [-0.05, 0) is 45.2 Å². The number of amides is 1. The van der Waals surface area contributed by atoms with Gasteiger partial charge in [-0.15, -0.1) is 12.4 Å². The second kappa shape index (κ2) is 18.3. The van der Waals surface area contributed by atoms with Gasteiger partial charge in [-0.2, -0.15) is 0 Å². The van der Waals surface area contributed by atoms with E-state index in [1.807, 2.05) is 0 Å². The summed E-state index contributed by atoms with van der Waals surface area (Å²) in [6.45, 7) is 6.86. The molecule has 0 aromatic rings. The Kier molecular flexibility index (Phi) is 16.9. The second-order valence-corrected chi connectivity index (χ2v) is 9.70. The number of nitrogens with zero attached hydrogens (tertiary/aromatic N) is 2. The van der Waals surface area contributed by atoms with E-state index in [1.54, 1.807) is 0 Å². The van der Waals surface area contributed by atoms with Crippen molar-refractivity contribution in [2.24, 2.45) is 0 Å². The SMILES string of the molecule is CCCCCCCCCCCCCCCC(=O)N1CCC(N2CCCCC2)CC1.Cl. The van der Waals surface area contributed by atoms with E-state index in [-0.39, 0.29) is 12.4 Å². The monoisotopic (exact) mass is 442 g/mol. The molecule has 0 unspecified atom stereocenters. The van der Waals surface area contributed by atoms with Gasteiger partial charge in [0.1, 0.15) is 0 Å². The summed E-state index contributed by atoms with van der Waals surface area (Å²) in [5, 5.41) is 0. The molecule has 0 bridgehead atoms. The summed E-state index contributed by atoms with van der Waals surface area (Å²) in [5.74, 6) is 0.421. The molecule has 0 N–H and O–H groups in total. The number of carbonyl (C=O) groups excluding carboxylic acids is 1. The summed E-state index contributed by atoms with van der Waals surface area (Å²) >= 11 is 0. The molecule has 0 radical (unpaired) electrons. The van der Waals surface area contributed by atoms with E-state index in [1.165, 1.54) is 122 Å². The molecule has 0 aliphatic carbocycles. The number of hydrogen-bond donors (Lipinski definition) is 0. The lowest BCUT2D eigenvalue weighted by Crippen LogP contribution is -2.48. The maximum absolute atomic E-state index is 12.5. The molecule has 0 spiro atoms. The highest BCUT2D eigenvalue weighted by molar-refractivity contribution is 5.85. The first kappa shape index (κ1) is 27.8. The van der Waals surface area contributed by atoms with Crippen LogP contribution in [-0.4, -0.2) is 47.9 Å². The number of halogens is 1. The first-order chi connectivity index (χ1) is 14.3. The van der Waals surface area contributed by atoms with Gasteiger partial charge in [0.05, 0.1) is 0 Å². The summed E-state index contributed by atoms with van der Waals surface area (Å²) in [7, 11) is 0. The molecule has 4 heteroatoms. The quantitative estimate of drug-likeness (QED) is 0.247. The van der Waals surface area contributed by atoms with Gasteiger partial charge in [-0.1, -0.05) is 90.4 Å². The number of likely N-dealkylation sites (tertiary alicyclic amines) is 2. The molecule has 3 nitrogen and oxygen atoms in total. The Balaban J connectivity index is 0.00000450. The Morgan fingerprint density at radius 2 is 1.13 bits per heavy atom. The van der Waals surface area contributed by atoms with Crippen LogP contribution in [0, 0.1) is 0 Å². The van der Waals surface area contributed by atoms with Crippen LogP contribution in [0.5, 0.6) is 0 Å². The summed E-state index contributed by atoms with van der Waals surface area (Å²) in [5.41, 5.74) is 0. The van der Waals surface area contributed by atoms with E-state index in [2.05, 4.69) is 16.7 Å². The van der Waals surface area contributed by atoms with Gasteiger partial charge in [0, 0.05) is 25.6 Å². The maximum atomic E-state index is 12.5. The van der Waals surface area contributed by atoms with Crippen molar-refractivity contribution in [3.05, 3.63) is 0 Å². The molecule has 0 atom stereocenters. The van der Waals surface area contributed by atoms with E-state index in [4.69, 9.17) is 0 Å². The van der Waals surface area contributed by atoms with Gasteiger partial charge in [0.25, 0.3) is 0 Å². The molecular weight excluding hydrogens is 392 g/mol. The molecule has 2 aliphatic heterocycles. The van der Waals surface area contributed by atoms with E-state index in [0.717, 1.165) is 32.0 Å². The smallest absolute Gasteiger partial charge is 0.222 e. The van der Waals surface area contributed by atoms with Crippen molar-refractivity contribution >= 4 is 18.3 Å². The molecule has 0 saturated carbocycles. The minimum Gasteiger partial charge on any atom is -0.343 e. The lowest BCUT2D eigenvalue weighted by molar-refractivity contribution is -0.133. The van der Waals surface area contributed by atoms with Gasteiger partial charge in [0.2, 0.25) is 5.91 Å². The van der Waals surface area contributed by atoms with Gasteiger partial charge < -0.3 is 9.80 Å². The zero-order valence-electron chi connectivity index (χ0n) is 20.1. The zero-order chi connectivity index (χ0) is 20.6.